The van der Waals surface area contributed by atoms with Crippen LogP contribution in [0.2, 0.25) is 0 Å². The molecule has 0 atom stereocenters. The van der Waals surface area contributed by atoms with Gasteiger partial charge in [0.25, 0.3) is 0 Å². The number of hydrogen-bond acceptors (Lipinski definition) is 7. The van der Waals surface area contributed by atoms with Crippen LogP contribution < -0.4 is 16.6 Å². The molecule has 0 unspecified atom stereocenters. The minimum absolute atomic E-state index is 0.145. The Labute approximate surface area is 120 Å². The van der Waals surface area contributed by atoms with Gasteiger partial charge < -0.3 is 10.7 Å². The molecular formula is C12H23N5O2S. The first-order valence-corrected chi connectivity index (χ1v) is 8.25. The molecule has 0 amide bonds. The van der Waals surface area contributed by atoms with Crippen molar-refractivity contribution in [3.8, 4) is 0 Å². The van der Waals surface area contributed by atoms with Crippen LogP contribution in [-0.2, 0) is 9.84 Å². The van der Waals surface area contributed by atoms with E-state index in [0.717, 1.165) is 0 Å². The summed E-state index contributed by atoms with van der Waals surface area (Å²) in [4.78, 5) is 8.59. The first-order chi connectivity index (χ1) is 9.06. The highest BCUT2D eigenvalue weighted by molar-refractivity contribution is 7.92. The zero-order valence-electron chi connectivity index (χ0n) is 12.6. The second kappa shape index (κ2) is 5.92. The predicted octanol–water partition coefficient (Wildman–Crippen LogP) is 1.12. The Balaban J connectivity index is 2.96. The summed E-state index contributed by atoms with van der Waals surface area (Å²) in [5, 5.41) is 3.04. The molecule has 20 heavy (non-hydrogen) atoms. The fourth-order valence-electron chi connectivity index (χ4n) is 1.32. The van der Waals surface area contributed by atoms with E-state index < -0.39 is 14.6 Å². The summed E-state index contributed by atoms with van der Waals surface area (Å²) in [7, 11) is -3.16. The highest BCUT2D eigenvalue weighted by Gasteiger charge is 2.30. The first kappa shape index (κ1) is 16.6. The molecule has 1 heterocycles. The number of hydrogen-bond donors (Lipinski definition) is 3. The Morgan fingerprint density at radius 2 is 1.85 bits per heavy atom. The zero-order chi connectivity index (χ0) is 15.6. The normalized spacial score (nSPS) is 12.6. The maximum Gasteiger partial charge on any atom is 0.154 e. The zero-order valence-corrected chi connectivity index (χ0v) is 13.4. The molecule has 0 aliphatic carbocycles. The van der Waals surface area contributed by atoms with Gasteiger partial charge in [0.2, 0.25) is 0 Å². The fourth-order valence-corrected chi connectivity index (χ4v) is 1.66. The van der Waals surface area contributed by atoms with Crippen molar-refractivity contribution >= 4 is 21.5 Å². The van der Waals surface area contributed by atoms with Crippen LogP contribution in [0, 0.1) is 0 Å². The van der Waals surface area contributed by atoms with Gasteiger partial charge in [0.05, 0.1) is 4.75 Å². The molecule has 0 saturated carbocycles. The second-order valence-electron chi connectivity index (χ2n) is 5.68. The van der Waals surface area contributed by atoms with Crippen molar-refractivity contribution in [1.82, 2.24) is 9.97 Å². The monoisotopic (exact) mass is 301 g/mol. The van der Waals surface area contributed by atoms with E-state index >= 15 is 0 Å². The molecule has 0 aromatic carbocycles. The van der Waals surface area contributed by atoms with Gasteiger partial charge in [-0.3, -0.25) is 0 Å². The lowest BCUT2D eigenvalue weighted by Crippen LogP contribution is -2.38. The minimum Gasteiger partial charge on any atom is -0.368 e. The summed E-state index contributed by atoms with van der Waals surface area (Å²) in [5.74, 6) is 7.20. The maximum atomic E-state index is 11.7. The van der Waals surface area contributed by atoms with Crippen molar-refractivity contribution < 1.29 is 8.42 Å². The Bertz CT molecular complexity index is 569. The van der Waals surface area contributed by atoms with Crippen molar-refractivity contribution in [2.75, 3.05) is 23.5 Å². The Morgan fingerprint density at radius 1 is 1.30 bits per heavy atom. The predicted molar refractivity (Wildman–Crippen MR) is 81.3 cm³/mol. The van der Waals surface area contributed by atoms with Gasteiger partial charge >= 0.3 is 0 Å². The number of hydrazine groups is 1. The number of anilines is 2. The molecule has 0 aliphatic rings. The van der Waals surface area contributed by atoms with E-state index in [2.05, 4.69) is 20.7 Å². The van der Waals surface area contributed by atoms with E-state index in [9.17, 15) is 8.42 Å². The van der Waals surface area contributed by atoms with Gasteiger partial charge in [-0.15, -0.1) is 0 Å². The van der Waals surface area contributed by atoms with Crippen molar-refractivity contribution in [2.45, 2.75) is 38.4 Å². The third kappa shape index (κ3) is 4.04. The molecular weight excluding hydrogens is 278 g/mol. The summed E-state index contributed by atoms with van der Waals surface area (Å²) >= 11 is 0. The lowest BCUT2D eigenvalue weighted by molar-refractivity contribution is 0.559. The van der Waals surface area contributed by atoms with Gasteiger partial charge in [-0.25, -0.2) is 24.2 Å². The van der Waals surface area contributed by atoms with Gasteiger partial charge in [0.1, 0.15) is 17.5 Å². The van der Waals surface area contributed by atoms with Crippen LogP contribution >= 0.6 is 0 Å². The van der Waals surface area contributed by atoms with Crippen molar-refractivity contribution in [3.63, 3.8) is 0 Å². The van der Waals surface area contributed by atoms with Gasteiger partial charge in [-0.2, -0.15) is 0 Å². The summed E-state index contributed by atoms with van der Waals surface area (Å²) in [6, 6.07) is 1.64. The molecule has 8 heteroatoms. The van der Waals surface area contributed by atoms with Gasteiger partial charge in [0, 0.05) is 24.8 Å². The summed E-state index contributed by atoms with van der Waals surface area (Å²) in [5.41, 5.74) is 2.48. The number of sulfone groups is 1. The summed E-state index contributed by atoms with van der Waals surface area (Å²) in [6.07, 6.45) is 1.22. The number of nitrogens with zero attached hydrogens (tertiary/aromatic N) is 2. The lowest BCUT2D eigenvalue weighted by Gasteiger charge is -2.23. The molecule has 0 bridgehead atoms. The largest absolute Gasteiger partial charge is 0.368 e. The third-order valence-electron chi connectivity index (χ3n) is 3.11. The fraction of sp³-hybridized carbons (Fsp3) is 0.667. The van der Waals surface area contributed by atoms with Crippen LogP contribution in [0.15, 0.2) is 6.07 Å². The van der Waals surface area contributed by atoms with Crippen LogP contribution in [0.4, 0.5) is 11.6 Å². The molecule has 0 saturated heterocycles. The van der Waals surface area contributed by atoms with Crippen LogP contribution in [0.3, 0.4) is 0 Å². The van der Waals surface area contributed by atoms with E-state index in [1.807, 2.05) is 13.8 Å². The molecule has 0 aliphatic heterocycles. The number of nitrogen functional groups attached to an aromatic ring is 1. The second-order valence-corrected chi connectivity index (χ2v) is 8.33. The Hall–Kier alpha value is -1.41. The number of nitrogens with one attached hydrogen (secondary N) is 2. The van der Waals surface area contributed by atoms with Crippen molar-refractivity contribution in [2.24, 2.45) is 5.84 Å². The van der Waals surface area contributed by atoms with E-state index in [1.54, 1.807) is 19.9 Å². The quantitative estimate of drug-likeness (QED) is 0.533. The minimum atomic E-state index is -3.16. The molecule has 114 valence electrons. The standard InChI is InChI=1S/C12H23N5O2S/c1-8(2)11-15-9(6-10(16-11)17-13)14-7-12(3,4)20(5,18)19/h6,8H,7,13H2,1-5H3,(H2,14,15,16,17). The number of aromatic nitrogens is 2. The van der Waals surface area contributed by atoms with Crippen molar-refractivity contribution in [3.05, 3.63) is 11.9 Å². The smallest absolute Gasteiger partial charge is 0.154 e. The lowest BCUT2D eigenvalue weighted by atomic mass is 10.2. The highest BCUT2D eigenvalue weighted by atomic mass is 32.2. The highest BCUT2D eigenvalue weighted by Crippen LogP contribution is 2.19. The molecule has 4 N–H and O–H groups in total. The molecule has 0 fully saturated rings. The molecule has 1 rings (SSSR count). The van der Waals surface area contributed by atoms with E-state index in [0.29, 0.717) is 17.5 Å². The van der Waals surface area contributed by atoms with Crippen molar-refractivity contribution in [1.29, 1.82) is 0 Å². The van der Waals surface area contributed by atoms with E-state index in [-0.39, 0.29) is 12.5 Å². The van der Waals surface area contributed by atoms with E-state index in [4.69, 9.17) is 5.84 Å². The van der Waals surface area contributed by atoms with E-state index in [1.165, 1.54) is 6.26 Å². The summed E-state index contributed by atoms with van der Waals surface area (Å²) < 4.78 is 22.5. The average Bonchev–Trinajstić information content (AvgIpc) is 2.34. The van der Waals surface area contributed by atoms with Gasteiger partial charge in [-0.1, -0.05) is 13.8 Å². The molecule has 7 nitrogen and oxygen atoms in total. The van der Waals surface area contributed by atoms with Gasteiger partial charge in [0.15, 0.2) is 9.84 Å². The maximum absolute atomic E-state index is 11.7. The molecule has 1 aromatic rings. The number of nitrogens with two attached hydrogens (primary N) is 1. The Morgan fingerprint density at radius 3 is 2.30 bits per heavy atom. The first-order valence-electron chi connectivity index (χ1n) is 6.36. The topological polar surface area (TPSA) is 110 Å². The molecule has 0 radical (unpaired) electrons. The Kier molecular flexibility index (Phi) is 4.93. The molecule has 0 spiro atoms. The molecule has 1 aromatic heterocycles. The van der Waals surface area contributed by atoms with Gasteiger partial charge in [-0.05, 0) is 13.8 Å². The summed E-state index contributed by atoms with van der Waals surface area (Å²) in [6.45, 7) is 7.54. The van der Waals surface area contributed by atoms with Crippen LogP contribution in [-0.4, -0.2) is 35.9 Å². The third-order valence-corrected chi connectivity index (χ3v) is 5.26. The SMILES string of the molecule is CC(C)c1nc(NN)cc(NCC(C)(C)S(C)(=O)=O)n1. The van der Waals surface area contributed by atoms with Crippen LogP contribution in [0.25, 0.3) is 0 Å². The van der Waals surface area contributed by atoms with Crippen LogP contribution in [0.1, 0.15) is 39.4 Å². The van der Waals surface area contributed by atoms with Crippen LogP contribution in [0.5, 0.6) is 0 Å². The number of rotatable bonds is 6. The average molecular weight is 301 g/mol.